The van der Waals surface area contributed by atoms with E-state index in [9.17, 15) is 19.5 Å². The number of benzene rings is 1. The topological polar surface area (TPSA) is 99.1 Å². The van der Waals surface area contributed by atoms with Gasteiger partial charge in [0.1, 0.15) is 11.7 Å². The number of hydrogen-bond donors (Lipinski definition) is 1. The monoisotopic (exact) mass is 378 g/mol. The number of methoxy groups -OCH3 is 1. The van der Waals surface area contributed by atoms with Crippen LogP contribution in [0, 0.1) is 11.8 Å². The highest BCUT2D eigenvalue weighted by molar-refractivity contribution is 6.02. The maximum Gasteiger partial charge on any atom is 0.317 e. The number of carbonyl (C=O) groups excluding carboxylic acids is 3. The predicted molar refractivity (Wildman–Crippen MR) is 96.2 cm³/mol. The normalized spacial score (nSPS) is 27.7. The molecule has 27 heavy (non-hydrogen) atoms. The lowest BCUT2D eigenvalue weighted by Gasteiger charge is -2.43. The first-order valence-electron chi connectivity index (χ1n) is 8.99. The SMILES string of the molecule is CCOC(=O)[C@H]1C(=O)C[C@](C)(O)[C@H](C(=O)OCC)[C@@H]1c1cccc(OC)c1. The summed E-state index contributed by atoms with van der Waals surface area (Å²) in [7, 11) is 1.49. The third kappa shape index (κ3) is 4.30. The number of ether oxygens (including phenoxy) is 3. The molecule has 1 fully saturated rings. The predicted octanol–water partition coefficient (Wildman–Crippen LogP) is 1.86. The lowest BCUT2D eigenvalue weighted by Crippen LogP contribution is -2.55. The van der Waals surface area contributed by atoms with E-state index in [-0.39, 0.29) is 19.6 Å². The first-order valence-corrected chi connectivity index (χ1v) is 8.99. The van der Waals surface area contributed by atoms with E-state index in [4.69, 9.17) is 14.2 Å². The number of rotatable bonds is 6. The number of esters is 2. The Morgan fingerprint density at radius 2 is 1.81 bits per heavy atom. The van der Waals surface area contributed by atoms with E-state index in [0.29, 0.717) is 11.3 Å². The van der Waals surface area contributed by atoms with Crippen molar-refractivity contribution in [1.29, 1.82) is 0 Å². The Morgan fingerprint density at radius 3 is 2.41 bits per heavy atom. The summed E-state index contributed by atoms with van der Waals surface area (Å²) < 4.78 is 15.5. The van der Waals surface area contributed by atoms with Crippen LogP contribution in [0.4, 0.5) is 0 Å². The van der Waals surface area contributed by atoms with Crippen molar-refractivity contribution in [2.75, 3.05) is 20.3 Å². The molecule has 1 aromatic rings. The molecular formula is C20H26O7. The van der Waals surface area contributed by atoms with Crippen molar-refractivity contribution in [3.8, 4) is 5.75 Å². The van der Waals surface area contributed by atoms with Crippen LogP contribution in [0.1, 0.15) is 38.7 Å². The molecule has 0 spiro atoms. The number of aliphatic hydroxyl groups is 1. The molecule has 0 radical (unpaired) electrons. The third-order valence-corrected chi connectivity index (χ3v) is 4.83. The van der Waals surface area contributed by atoms with Gasteiger partial charge in [0.15, 0.2) is 5.78 Å². The first-order chi connectivity index (χ1) is 12.8. The van der Waals surface area contributed by atoms with Crippen LogP contribution < -0.4 is 4.74 Å². The van der Waals surface area contributed by atoms with Gasteiger partial charge in [0.2, 0.25) is 0 Å². The van der Waals surface area contributed by atoms with Gasteiger partial charge in [-0.3, -0.25) is 14.4 Å². The largest absolute Gasteiger partial charge is 0.497 e. The van der Waals surface area contributed by atoms with Crippen LogP contribution in [0.2, 0.25) is 0 Å². The first kappa shape index (κ1) is 20.9. The summed E-state index contributed by atoms with van der Waals surface area (Å²) in [6.07, 6.45) is -0.333. The van der Waals surface area contributed by atoms with Gasteiger partial charge in [-0.15, -0.1) is 0 Å². The molecule has 1 N–H and O–H groups in total. The van der Waals surface area contributed by atoms with Crippen LogP contribution in [0.25, 0.3) is 0 Å². The van der Waals surface area contributed by atoms with Crippen LogP contribution in [-0.2, 0) is 23.9 Å². The zero-order chi connectivity index (χ0) is 20.2. The fourth-order valence-electron chi connectivity index (χ4n) is 3.73. The number of Topliss-reactive ketones (excluding diaryl/α,β-unsaturated/α-hetero) is 1. The average molecular weight is 378 g/mol. The van der Waals surface area contributed by atoms with Gasteiger partial charge in [-0.1, -0.05) is 12.1 Å². The molecule has 1 aromatic carbocycles. The zero-order valence-electron chi connectivity index (χ0n) is 16.1. The van der Waals surface area contributed by atoms with E-state index >= 15 is 0 Å². The molecule has 1 aliphatic rings. The minimum atomic E-state index is -1.65. The van der Waals surface area contributed by atoms with Crippen LogP contribution in [0.15, 0.2) is 24.3 Å². The van der Waals surface area contributed by atoms with Gasteiger partial charge in [-0.2, -0.15) is 0 Å². The molecule has 148 valence electrons. The quantitative estimate of drug-likeness (QED) is 0.596. The fraction of sp³-hybridized carbons (Fsp3) is 0.550. The molecule has 7 nitrogen and oxygen atoms in total. The molecule has 0 saturated heterocycles. The van der Waals surface area contributed by atoms with Gasteiger partial charge in [-0.05, 0) is 38.5 Å². The summed E-state index contributed by atoms with van der Waals surface area (Å²) in [6, 6.07) is 6.76. The van der Waals surface area contributed by atoms with E-state index in [1.807, 2.05) is 0 Å². The Hall–Kier alpha value is -2.41. The second-order valence-corrected chi connectivity index (χ2v) is 6.76. The average Bonchev–Trinajstić information content (AvgIpc) is 2.60. The van der Waals surface area contributed by atoms with Crippen molar-refractivity contribution in [2.24, 2.45) is 11.8 Å². The van der Waals surface area contributed by atoms with Crippen molar-refractivity contribution in [2.45, 2.75) is 38.7 Å². The van der Waals surface area contributed by atoms with Crippen LogP contribution >= 0.6 is 0 Å². The minimum absolute atomic E-state index is 0.105. The smallest absolute Gasteiger partial charge is 0.317 e. The molecule has 1 saturated carbocycles. The molecule has 0 aromatic heterocycles. The summed E-state index contributed by atoms with van der Waals surface area (Å²) in [5.41, 5.74) is -1.13. The fourth-order valence-corrected chi connectivity index (χ4v) is 3.73. The molecule has 4 atom stereocenters. The van der Waals surface area contributed by atoms with Gasteiger partial charge >= 0.3 is 11.9 Å². The van der Waals surface area contributed by atoms with Gasteiger partial charge in [0.25, 0.3) is 0 Å². The van der Waals surface area contributed by atoms with Gasteiger partial charge in [0, 0.05) is 12.3 Å². The van der Waals surface area contributed by atoms with Crippen molar-refractivity contribution in [3.05, 3.63) is 29.8 Å². The summed E-state index contributed by atoms with van der Waals surface area (Å²) >= 11 is 0. The maximum absolute atomic E-state index is 12.7. The lowest BCUT2D eigenvalue weighted by molar-refractivity contribution is -0.172. The van der Waals surface area contributed by atoms with E-state index in [2.05, 4.69) is 0 Å². The van der Waals surface area contributed by atoms with E-state index in [1.165, 1.54) is 14.0 Å². The van der Waals surface area contributed by atoms with Crippen molar-refractivity contribution in [1.82, 2.24) is 0 Å². The molecule has 0 unspecified atom stereocenters. The summed E-state index contributed by atoms with van der Waals surface area (Å²) in [6.45, 7) is 4.94. The van der Waals surface area contributed by atoms with Crippen LogP contribution in [-0.4, -0.2) is 48.8 Å². The summed E-state index contributed by atoms with van der Waals surface area (Å²) in [5.74, 6) is -4.54. The Balaban J connectivity index is 2.63. The molecule has 0 bridgehead atoms. The van der Waals surface area contributed by atoms with Crippen LogP contribution in [0.3, 0.4) is 0 Å². The molecule has 7 heteroatoms. The van der Waals surface area contributed by atoms with Gasteiger partial charge < -0.3 is 19.3 Å². The van der Waals surface area contributed by atoms with E-state index < -0.39 is 41.1 Å². The Kier molecular flexibility index (Phi) is 6.59. The van der Waals surface area contributed by atoms with Crippen molar-refractivity contribution >= 4 is 17.7 Å². The summed E-state index contributed by atoms with van der Waals surface area (Å²) in [4.78, 5) is 38.0. The number of ketones is 1. The van der Waals surface area contributed by atoms with E-state index in [0.717, 1.165) is 0 Å². The van der Waals surface area contributed by atoms with Crippen LogP contribution in [0.5, 0.6) is 5.75 Å². The van der Waals surface area contributed by atoms with Gasteiger partial charge in [-0.25, -0.2) is 0 Å². The van der Waals surface area contributed by atoms with Crippen molar-refractivity contribution < 1.29 is 33.7 Å². The standard InChI is InChI=1S/C20H26O7/c1-5-26-18(22)16-14(21)11-20(3,24)17(19(23)27-6-2)15(16)12-8-7-9-13(10-12)25-4/h7-10,15-17,24H,5-6,11H2,1-4H3/t15-,16+,17+,20+/m1/s1. The Labute approximate surface area is 158 Å². The third-order valence-electron chi connectivity index (χ3n) is 4.83. The minimum Gasteiger partial charge on any atom is -0.497 e. The maximum atomic E-state index is 12.7. The van der Waals surface area contributed by atoms with Gasteiger partial charge in [0.05, 0.1) is 31.8 Å². The molecule has 0 amide bonds. The van der Waals surface area contributed by atoms with E-state index in [1.54, 1.807) is 38.1 Å². The lowest BCUT2D eigenvalue weighted by atomic mass is 9.61. The number of hydrogen-bond acceptors (Lipinski definition) is 7. The zero-order valence-corrected chi connectivity index (χ0v) is 16.1. The second-order valence-electron chi connectivity index (χ2n) is 6.76. The summed E-state index contributed by atoms with van der Waals surface area (Å²) in [5, 5.41) is 10.9. The highest BCUT2D eigenvalue weighted by Crippen LogP contribution is 2.47. The highest BCUT2D eigenvalue weighted by atomic mass is 16.5. The molecule has 1 aliphatic carbocycles. The second kappa shape index (κ2) is 8.52. The molecule has 0 aliphatic heterocycles. The Bertz CT molecular complexity index is 710. The molecule has 0 heterocycles. The molecular weight excluding hydrogens is 352 g/mol. The number of carbonyl (C=O) groups is 3. The highest BCUT2D eigenvalue weighted by Gasteiger charge is 2.57. The molecule has 2 rings (SSSR count). The van der Waals surface area contributed by atoms with Crippen molar-refractivity contribution in [3.63, 3.8) is 0 Å². The Morgan fingerprint density at radius 1 is 1.19 bits per heavy atom.